The molecule has 2 aromatic heterocycles. The zero-order chi connectivity index (χ0) is 13.2. The molecule has 5 nitrogen and oxygen atoms in total. The summed E-state index contributed by atoms with van der Waals surface area (Å²) in [6.45, 7) is 2.07. The van der Waals surface area contributed by atoms with Crippen LogP contribution in [0.25, 0.3) is 5.82 Å². The number of aryl methyl sites for hydroxylation is 2. The molecule has 0 saturated heterocycles. The van der Waals surface area contributed by atoms with E-state index in [9.17, 15) is 0 Å². The Hall–Kier alpha value is -1.91. The zero-order valence-electron chi connectivity index (χ0n) is 11.5. The van der Waals surface area contributed by atoms with Crippen molar-refractivity contribution in [3.8, 4) is 5.82 Å². The minimum absolute atomic E-state index is 0.833. The van der Waals surface area contributed by atoms with Crippen LogP contribution in [0.5, 0.6) is 0 Å². The highest BCUT2D eigenvalue weighted by Crippen LogP contribution is 2.23. The molecule has 2 aromatic rings. The Morgan fingerprint density at radius 1 is 1.26 bits per heavy atom. The number of nitrogens with zero attached hydrogens (tertiary/aromatic N) is 4. The number of fused-ring (bicyclic) bond motifs is 1. The molecular weight excluding hydrogens is 238 g/mol. The molecule has 2 heterocycles. The first-order valence-electron chi connectivity index (χ1n) is 6.93. The van der Waals surface area contributed by atoms with Gasteiger partial charge < -0.3 is 5.32 Å². The molecule has 100 valence electrons. The van der Waals surface area contributed by atoms with Gasteiger partial charge in [-0.3, -0.25) is 4.57 Å². The van der Waals surface area contributed by atoms with Gasteiger partial charge in [0.1, 0.15) is 23.8 Å². The van der Waals surface area contributed by atoms with E-state index in [1.807, 2.05) is 19.4 Å². The number of anilines is 1. The van der Waals surface area contributed by atoms with Crippen LogP contribution in [0.15, 0.2) is 12.4 Å². The second-order valence-corrected chi connectivity index (χ2v) is 4.85. The molecule has 19 heavy (non-hydrogen) atoms. The normalized spacial score (nSPS) is 14.2. The molecule has 1 aliphatic carbocycles. The fraction of sp³-hybridized carbons (Fsp3) is 0.500. The predicted octanol–water partition coefficient (Wildman–Crippen LogP) is 2.15. The quantitative estimate of drug-likeness (QED) is 0.915. The second kappa shape index (κ2) is 4.99. The van der Waals surface area contributed by atoms with E-state index in [-0.39, 0.29) is 0 Å². The van der Waals surface area contributed by atoms with E-state index < -0.39 is 0 Å². The summed E-state index contributed by atoms with van der Waals surface area (Å²) in [6, 6.07) is 1.98. The molecule has 0 spiro atoms. The number of hydrogen-bond acceptors (Lipinski definition) is 4. The highest BCUT2D eigenvalue weighted by Gasteiger charge is 2.17. The molecule has 1 N–H and O–H groups in total. The molecule has 0 amide bonds. The number of nitrogens with one attached hydrogen (secondary N) is 1. The molecule has 0 unspecified atom stereocenters. The van der Waals surface area contributed by atoms with Crippen LogP contribution in [0.4, 0.5) is 5.82 Å². The van der Waals surface area contributed by atoms with E-state index >= 15 is 0 Å². The van der Waals surface area contributed by atoms with E-state index in [1.165, 1.54) is 24.2 Å². The van der Waals surface area contributed by atoms with Gasteiger partial charge in [0.05, 0.1) is 5.69 Å². The Kier molecular flexibility index (Phi) is 3.19. The van der Waals surface area contributed by atoms with Gasteiger partial charge in [-0.15, -0.1) is 0 Å². The van der Waals surface area contributed by atoms with E-state index in [4.69, 9.17) is 0 Å². The number of aromatic nitrogens is 4. The molecule has 0 atom stereocenters. The van der Waals surface area contributed by atoms with E-state index in [1.54, 1.807) is 0 Å². The van der Waals surface area contributed by atoms with Crippen molar-refractivity contribution in [1.82, 2.24) is 19.5 Å². The topological polar surface area (TPSA) is 55.6 Å². The van der Waals surface area contributed by atoms with Gasteiger partial charge in [-0.2, -0.15) is 0 Å². The number of rotatable bonds is 3. The van der Waals surface area contributed by atoms with Crippen molar-refractivity contribution in [2.75, 3.05) is 12.4 Å². The lowest BCUT2D eigenvalue weighted by Crippen LogP contribution is -2.10. The first-order valence-corrected chi connectivity index (χ1v) is 6.93. The van der Waals surface area contributed by atoms with Crippen molar-refractivity contribution >= 4 is 5.82 Å². The van der Waals surface area contributed by atoms with Crippen molar-refractivity contribution in [1.29, 1.82) is 0 Å². The van der Waals surface area contributed by atoms with Crippen molar-refractivity contribution < 1.29 is 0 Å². The van der Waals surface area contributed by atoms with Gasteiger partial charge >= 0.3 is 0 Å². The standard InChI is InChI=1S/C14H19N5/c1-3-12-17-13(15-2)8-14(18-12)19-9-16-10-6-4-5-7-11(10)19/h8-9H,3-7H2,1-2H3,(H,15,17,18). The monoisotopic (exact) mass is 257 g/mol. The van der Waals surface area contributed by atoms with E-state index in [0.29, 0.717) is 0 Å². The fourth-order valence-electron chi connectivity index (χ4n) is 2.56. The van der Waals surface area contributed by atoms with Crippen molar-refractivity contribution in [3.05, 3.63) is 29.6 Å². The summed E-state index contributed by atoms with van der Waals surface area (Å²) in [5.74, 6) is 2.65. The lowest BCUT2D eigenvalue weighted by Gasteiger charge is -2.14. The minimum atomic E-state index is 0.833. The third-order valence-electron chi connectivity index (χ3n) is 3.61. The minimum Gasteiger partial charge on any atom is -0.373 e. The molecule has 0 saturated carbocycles. The Morgan fingerprint density at radius 3 is 2.89 bits per heavy atom. The molecular formula is C14H19N5. The van der Waals surface area contributed by atoms with Gasteiger partial charge in [-0.05, 0) is 25.7 Å². The molecule has 0 bridgehead atoms. The fourth-order valence-corrected chi connectivity index (χ4v) is 2.56. The second-order valence-electron chi connectivity index (χ2n) is 4.85. The van der Waals surface area contributed by atoms with Gasteiger partial charge in [0.25, 0.3) is 0 Å². The zero-order valence-corrected chi connectivity index (χ0v) is 11.5. The average molecular weight is 257 g/mol. The summed E-state index contributed by atoms with van der Waals surface area (Å²) in [5, 5.41) is 3.10. The lowest BCUT2D eigenvalue weighted by molar-refractivity contribution is 0.653. The predicted molar refractivity (Wildman–Crippen MR) is 74.7 cm³/mol. The SMILES string of the molecule is CCc1nc(NC)cc(-n2cnc3c2CCCC3)n1. The van der Waals surface area contributed by atoms with Crippen LogP contribution >= 0.6 is 0 Å². The van der Waals surface area contributed by atoms with Gasteiger partial charge in [0, 0.05) is 25.2 Å². The molecule has 5 heteroatoms. The molecule has 1 aliphatic rings. The lowest BCUT2D eigenvalue weighted by atomic mass is 10.0. The first-order chi connectivity index (χ1) is 9.31. The van der Waals surface area contributed by atoms with Gasteiger partial charge in [-0.1, -0.05) is 6.92 Å². The van der Waals surface area contributed by atoms with Crippen molar-refractivity contribution in [3.63, 3.8) is 0 Å². The summed E-state index contributed by atoms with van der Waals surface area (Å²) >= 11 is 0. The van der Waals surface area contributed by atoms with Gasteiger partial charge in [0.2, 0.25) is 0 Å². The Balaban J connectivity index is 2.08. The number of hydrogen-bond donors (Lipinski definition) is 1. The smallest absolute Gasteiger partial charge is 0.143 e. The largest absolute Gasteiger partial charge is 0.373 e. The summed E-state index contributed by atoms with van der Waals surface area (Å²) in [7, 11) is 1.88. The molecule has 0 aromatic carbocycles. The summed E-state index contributed by atoms with van der Waals surface area (Å²) < 4.78 is 2.12. The summed E-state index contributed by atoms with van der Waals surface area (Å²) in [4.78, 5) is 13.6. The molecule has 0 aliphatic heterocycles. The van der Waals surface area contributed by atoms with Crippen molar-refractivity contribution in [2.24, 2.45) is 0 Å². The van der Waals surface area contributed by atoms with Crippen LogP contribution in [0.2, 0.25) is 0 Å². The van der Waals surface area contributed by atoms with Crippen LogP contribution in [0, 0.1) is 0 Å². The highest BCUT2D eigenvalue weighted by atomic mass is 15.1. The highest BCUT2D eigenvalue weighted by molar-refractivity contribution is 5.42. The van der Waals surface area contributed by atoms with Crippen molar-refractivity contribution in [2.45, 2.75) is 39.0 Å². The third kappa shape index (κ3) is 2.20. The maximum Gasteiger partial charge on any atom is 0.143 e. The van der Waals surface area contributed by atoms with Crippen LogP contribution in [-0.2, 0) is 19.3 Å². The molecule has 0 fully saturated rings. The van der Waals surface area contributed by atoms with Crippen LogP contribution in [0.1, 0.15) is 37.0 Å². The summed E-state index contributed by atoms with van der Waals surface area (Å²) in [6.07, 6.45) is 7.40. The first kappa shape index (κ1) is 12.1. The van der Waals surface area contributed by atoms with Crippen LogP contribution in [0.3, 0.4) is 0 Å². The maximum absolute atomic E-state index is 4.62. The third-order valence-corrected chi connectivity index (χ3v) is 3.61. The Labute approximate surface area is 113 Å². The average Bonchev–Trinajstić information content (AvgIpc) is 2.90. The van der Waals surface area contributed by atoms with Gasteiger partial charge in [-0.25, -0.2) is 15.0 Å². The molecule has 0 radical (unpaired) electrons. The van der Waals surface area contributed by atoms with Gasteiger partial charge in [0.15, 0.2) is 0 Å². The van der Waals surface area contributed by atoms with Crippen LogP contribution < -0.4 is 5.32 Å². The molecule has 3 rings (SSSR count). The summed E-state index contributed by atoms with van der Waals surface area (Å²) in [5.41, 5.74) is 2.54. The number of imidazole rings is 1. The van der Waals surface area contributed by atoms with E-state index in [2.05, 4.69) is 31.8 Å². The Morgan fingerprint density at radius 2 is 2.11 bits per heavy atom. The Bertz CT molecular complexity index is 565. The van der Waals surface area contributed by atoms with Crippen LogP contribution in [-0.4, -0.2) is 26.6 Å². The van der Waals surface area contributed by atoms with E-state index in [0.717, 1.165) is 36.7 Å². The maximum atomic E-state index is 4.62.